The van der Waals surface area contributed by atoms with Gasteiger partial charge in [0.2, 0.25) is 6.29 Å². The van der Waals surface area contributed by atoms with Crippen LogP contribution in [0.1, 0.15) is 21.0 Å². The van der Waals surface area contributed by atoms with Gasteiger partial charge in [-0.05, 0) is 12.1 Å². The fraction of sp³-hybridized carbons (Fsp3) is 0.100. The Morgan fingerprint density at radius 3 is 3.00 bits per heavy atom. The number of para-hydroxylation sites is 1. The number of carbonyl (C=O) groups is 2. The van der Waals surface area contributed by atoms with Gasteiger partial charge in [0.05, 0.1) is 5.88 Å². The molecule has 0 saturated carbocycles. The van der Waals surface area contributed by atoms with Crippen LogP contribution in [0.2, 0.25) is 0 Å². The van der Waals surface area contributed by atoms with Gasteiger partial charge in [0.15, 0.2) is 11.4 Å². The maximum Gasteiger partial charge on any atom is 0.260 e. The summed E-state index contributed by atoms with van der Waals surface area (Å²) in [4.78, 5) is 25.8. The Hall–Kier alpha value is -1.68. The van der Waals surface area contributed by atoms with Crippen molar-refractivity contribution in [3.8, 4) is 0 Å². The predicted molar refractivity (Wildman–Crippen MR) is 54.4 cm³/mol. The first-order valence-corrected chi connectivity index (χ1v) is 4.73. The Bertz CT molecular complexity index is 532. The fourth-order valence-electron chi connectivity index (χ4n) is 1.31. The van der Waals surface area contributed by atoms with Crippen molar-refractivity contribution in [2.24, 2.45) is 0 Å². The SMILES string of the molecule is O=Cc1nc2c(C(=O)CCl)cccc2o1. The highest BCUT2D eigenvalue weighted by molar-refractivity contribution is 6.31. The molecule has 0 aliphatic rings. The third-order valence-electron chi connectivity index (χ3n) is 1.96. The fourth-order valence-corrected chi connectivity index (χ4v) is 1.46. The summed E-state index contributed by atoms with van der Waals surface area (Å²) < 4.78 is 5.08. The molecule has 0 atom stereocenters. The molecule has 5 heteroatoms. The van der Waals surface area contributed by atoms with Gasteiger partial charge in [0, 0.05) is 5.56 Å². The lowest BCUT2D eigenvalue weighted by Crippen LogP contribution is -2.00. The van der Waals surface area contributed by atoms with Crippen LogP contribution in [0.4, 0.5) is 0 Å². The van der Waals surface area contributed by atoms with Crippen LogP contribution in [0.25, 0.3) is 11.1 Å². The molecule has 0 unspecified atom stereocenters. The monoisotopic (exact) mass is 223 g/mol. The number of benzene rings is 1. The van der Waals surface area contributed by atoms with Crippen LogP contribution in [0.15, 0.2) is 22.6 Å². The van der Waals surface area contributed by atoms with Crippen molar-refractivity contribution in [1.29, 1.82) is 0 Å². The number of hydrogen-bond donors (Lipinski definition) is 0. The van der Waals surface area contributed by atoms with Gasteiger partial charge >= 0.3 is 0 Å². The average molecular weight is 224 g/mol. The van der Waals surface area contributed by atoms with E-state index in [1.54, 1.807) is 18.2 Å². The second-order valence-electron chi connectivity index (χ2n) is 2.88. The lowest BCUT2D eigenvalue weighted by molar-refractivity contribution is 0.102. The van der Waals surface area contributed by atoms with Gasteiger partial charge in [0.1, 0.15) is 5.52 Å². The molecule has 0 saturated heterocycles. The summed E-state index contributed by atoms with van der Waals surface area (Å²) in [6, 6.07) is 4.90. The smallest absolute Gasteiger partial charge is 0.260 e. The first-order chi connectivity index (χ1) is 7.26. The third-order valence-corrected chi connectivity index (χ3v) is 2.20. The molecule has 4 nitrogen and oxygen atoms in total. The highest BCUT2D eigenvalue weighted by Crippen LogP contribution is 2.19. The number of carbonyl (C=O) groups excluding carboxylic acids is 2. The zero-order valence-electron chi connectivity index (χ0n) is 7.57. The molecular weight excluding hydrogens is 218 g/mol. The van der Waals surface area contributed by atoms with Gasteiger partial charge in [-0.1, -0.05) is 6.07 Å². The summed E-state index contributed by atoms with van der Waals surface area (Å²) in [6.07, 6.45) is 0.495. The molecule has 0 amide bonds. The number of rotatable bonds is 3. The van der Waals surface area contributed by atoms with Crippen molar-refractivity contribution in [2.75, 3.05) is 5.88 Å². The van der Waals surface area contributed by atoms with Crippen molar-refractivity contribution < 1.29 is 14.0 Å². The molecule has 2 rings (SSSR count). The minimum absolute atomic E-state index is 0.0418. The zero-order valence-corrected chi connectivity index (χ0v) is 8.32. The Balaban J connectivity index is 2.69. The molecule has 0 fully saturated rings. The van der Waals surface area contributed by atoms with Crippen molar-refractivity contribution in [3.05, 3.63) is 29.7 Å². The van der Waals surface area contributed by atoms with Gasteiger partial charge in [-0.15, -0.1) is 11.6 Å². The predicted octanol–water partition coefficient (Wildman–Crippen LogP) is 2.06. The third kappa shape index (κ3) is 1.64. The summed E-state index contributed by atoms with van der Waals surface area (Å²) in [5, 5.41) is 0. The van der Waals surface area contributed by atoms with Gasteiger partial charge in [-0.3, -0.25) is 9.59 Å². The molecule has 0 bridgehead atoms. The topological polar surface area (TPSA) is 60.2 Å². The Kier molecular flexibility index (Phi) is 2.51. The molecule has 1 aromatic carbocycles. The summed E-state index contributed by atoms with van der Waals surface area (Å²) >= 11 is 5.45. The van der Waals surface area contributed by atoms with Crippen LogP contribution in [0, 0.1) is 0 Å². The number of fused-ring (bicyclic) bond motifs is 1. The number of halogens is 1. The van der Waals surface area contributed by atoms with Crippen LogP contribution in [0.5, 0.6) is 0 Å². The van der Waals surface area contributed by atoms with E-state index in [4.69, 9.17) is 16.0 Å². The van der Waals surface area contributed by atoms with Gasteiger partial charge in [0.25, 0.3) is 5.89 Å². The van der Waals surface area contributed by atoms with Crippen molar-refractivity contribution in [3.63, 3.8) is 0 Å². The minimum Gasteiger partial charge on any atom is -0.434 e. The first kappa shape index (κ1) is 9.86. The lowest BCUT2D eigenvalue weighted by atomic mass is 10.1. The van der Waals surface area contributed by atoms with E-state index in [1.165, 1.54) is 0 Å². The van der Waals surface area contributed by atoms with Crippen LogP contribution in [-0.4, -0.2) is 22.9 Å². The molecule has 76 valence electrons. The van der Waals surface area contributed by atoms with E-state index in [0.29, 0.717) is 22.9 Å². The van der Waals surface area contributed by atoms with E-state index in [1.807, 2.05) is 0 Å². The number of Topliss-reactive ketones (excluding diaryl/α,β-unsaturated/α-hetero) is 1. The summed E-state index contributed by atoms with van der Waals surface area (Å²) in [5.74, 6) is -0.407. The summed E-state index contributed by atoms with van der Waals surface area (Å²) in [7, 11) is 0. The summed E-state index contributed by atoms with van der Waals surface area (Å²) in [6.45, 7) is 0. The zero-order chi connectivity index (χ0) is 10.8. The molecular formula is C10H6ClNO3. The maximum atomic E-state index is 11.4. The normalized spacial score (nSPS) is 10.5. The summed E-state index contributed by atoms with van der Waals surface area (Å²) in [5.41, 5.74) is 1.16. The number of aldehydes is 1. The number of aromatic nitrogens is 1. The van der Waals surface area contributed by atoms with Gasteiger partial charge in [-0.2, -0.15) is 0 Å². The van der Waals surface area contributed by atoms with E-state index < -0.39 is 0 Å². The molecule has 0 aliphatic carbocycles. The van der Waals surface area contributed by atoms with Crippen LogP contribution in [0.3, 0.4) is 0 Å². The number of alkyl halides is 1. The molecule has 0 spiro atoms. The number of oxazole rings is 1. The van der Waals surface area contributed by atoms with E-state index in [2.05, 4.69) is 4.98 Å². The van der Waals surface area contributed by atoms with Crippen molar-refractivity contribution >= 4 is 34.8 Å². The lowest BCUT2D eigenvalue weighted by Gasteiger charge is -1.95. The van der Waals surface area contributed by atoms with Crippen LogP contribution in [-0.2, 0) is 0 Å². The molecule has 0 N–H and O–H groups in total. The highest BCUT2D eigenvalue weighted by Gasteiger charge is 2.13. The molecule has 15 heavy (non-hydrogen) atoms. The minimum atomic E-state index is -0.243. The Morgan fingerprint density at radius 1 is 1.53 bits per heavy atom. The quantitative estimate of drug-likeness (QED) is 0.454. The highest BCUT2D eigenvalue weighted by atomic mass is 35.5. The van der Waals surface area contributed by atoms with Crippen LogP contribution >= 0.6 is 11.6 Å². The Labute approximate surface area is 89.8 Å². The first-order valence-electron chi connectivity index (χ1n) is 4.20. The van der Waals surface area contributed by atoms with E-state index >= 15 is 0 Å². The number of ketones is 1. The second kappa shape index (κ2) is 3.82. The van der Waals surface area contributed by atoms with E-state index in [0.717, 1.165) is 0 Å². The second-order valence-corrected chi connectivity index (χ2v) is 3.15. The molecule has 1 heterocycles. The molecule has 0 radical (unpaired) electrons. The van der Waals surface area contributed by atoms with Crippen molar-refractivity contribution in [2.45, 2.75) is 0 Å². The Morgan fingerprint density at radius 2 is 2.33 bits per heavy atom. The number of hydrogen-bond acceptors (Lipinski definition) is 4. The standard InChI is InChI=1S/C10H6ClNO3/c11-4-7(14)6-2-1-3-8-10(6)12-9(5-13)15-8/h1-3,5H,4H2. The largest absolute Gasteiger partial charge is 0.434 e. The number of nitrogens with zero attached hydrogens (tertiary/aromatic N) is 1. The van der Waals surface area contributed by atoms with Crippen LogP contribution < -0.4 is 0 Å². The average Bonchev–Trinajstić information content (AvgIpc) is 2.70. The maximum absolute atomic E-state index is 11.4. The van der Waals surface area contributed by atoms with Gasteiger partial charge in [-0.25, -0.2) is 4.98 Å². The van der Waals surface area contributed by atoms with E-state index in [9.17, 15) is 9.59 Å². The molecule has 1 aromatic heterocycles. The van der Waals surface area contributed by atoms with Gasteiger partial charge < -0.3 is 4.42 Å². The van der Waals surface area contributed by atoms with Crippen molar-refractivity contribution in [1.82, 2.24) is 4.98 Å². The molecule has 0 aliphatic heterocycles. The van der Waals surface area contributed by atoms with E-state index in [-0.39, 0.29) is 17.6 Å². The molecule has 2 aromatic rings.